The Morgan fingerprint density at radius 2 is 1.96 bits per heavy atom. The number of nitrogen functional groups attached to an aromatic ring is 1. The van der Waals surface area contributed by atoms with Gasteiger partial charge in [-0.05, 0) is 18.9 Å². The number of H-pyrrole nitrogens is 1. The number of rotatable bonds is 9. The first-order valence-corrected chi connectivity index (χ1v) is 9.00. The van der Waals surface area contributed by atoms with E-state index in [4.69, 9.17) is 10.2 Å². The molecule has 3 N–H and O–H groups in total. The van der Waals surface area contributed by atoms with E-state index in [1.165, 1.54) is 4.57 Å². The molecule has 0 aliphatic rings. The van der Waals surface area contributed by atoms with Gasteiger partial charge in [-0.3, -0.25) is 34.2 Å². The molecule has 2 rings (SSSR count). The van der Waals surface area contributed by atoms with E-state index in [9.17, 15) is 24.5 Å². The number of nitrogens with one attached hydrogen (secondary N) is 1. The molecule has 1 amide bonds. The quantitative estimate of drug-likeness (QED) is 0.486. The van der Waals surface area contributed by atoms with Crippen LogP contribution >= 0.6 is 0 Å². The summed E-state index contributed by atoms with van der Waals surface area (Å²) in [6, 6.07) is 2.22. The summed E-state index contributed by atoms with van der Waals surface area (Å²) in [6.07, 6.45) is 2.72. The second-order valence-corrected chi connectivity index (χ2v) is 6.20. The number of carbonyl (C=O) groups is 1. The smallest absolute Gasteiger partial charge is 0.395 e. The molecular weight excluding hydrogens is 370 g/mol. The van der Waals surface area contributed by atoms with E-state index >= 15 is 0 Å². The Morgan fingerprint density at radius 1 is 1.29 bits per heavy atom. The zero-order valence-corrected chi connectivity index (χ0v) is 15.8. The van der Waals surface area contributed by atoms with Crippen LogP contribution in [-0.2, 0) is 6.54 Å². The molecule has 0 saturated carbocycles. The number of unbranched alkanes of at least 4 members (excludes halogenated alkanes) is 2. The lowest BCUT2D eigenvalue weighted by Gasteiger charge is -2.23. The van der Waals surface area contributed by atoms with Gasteiger partial charge in [-0.15, -0.1) is 0 Å². The summed E-state index contributed by atoms with van der Waals surface area (Å²) in [5.74, 6) is -1.77. The average molecular weight is 393 g/mol. The average Bonchev–Trinajstić information content (AvgIpc) is 3.14. The van der Waals surface area contributed by atoms with Crippen molar-refractivity contribution in [3.05, 3.63) is 48.8 Å². The third kappa shape index (κ3) is 4.30. The van der Waals surface area contributed by atoms with Crippen molar-refractivity contribution in [2.45, 2.75) is 46.1 Å². The molecule has 0 aromatic carbocycles. The van der Waals surface area contributed by atoms with E-state index in [0.717, 1.165) is 29.9 Å². The lowest BCUT2D eigenvalue weighted by atomic mass is 10.2. The van der Waals surface area contributed by atoms with Gasteiger partial charge < -0.3 is 10.2 Å². The van der Waals surface area contributed by atoms with Gasteiger partial charge in [-0.25, -0.2) is 4.79 Å². The zero-order chi connectivity index (χ0) is 20.8. The Morgan fingerprint density at radius 3 is 2.54 bits per heavy atom. The third-order valence-corrected chi connectivity index (χ3v) is 4.18. The van der Waals surface area contributed by atoms with Gasteiger partial charge >= 0.3 is 11.6 Å². The van der Waals surface area contributed by atoms with E-state index in [-0.39, 0.29) is 30.4 Å². The summed E-state index contributed by atoms with van der Waals surface area (Å²) < 4.78 is 6.18. The highest BCUT2D eigenvalue weighted by Gasteiger charge is 2.28. The van der Waals surface area contributed by atoms with Crippen LogP contribution in [0.2, 0.25) is 0 Å². The zero-order valence-electron chi connectivity index (χ0n) is 15.8. The van der Waals surface area contributed by atoms with Gasteiger partial charge in [0.2, 0.25) is 0 Å². The van der Waals surface area contributed by atoms with Gasteiger partial charge in [0.05, 0.1) is 6.07 Å². The molecule has 28 heavy (non-hydrogen) atoms. The monoisotopic (exact) mass is 393 g/mol. The van der Waals surface area contributed by atoms with Crippen LogP contribution in [0.15, 0.2) is 26.1 Å². The summed E-state index contributed by atoms with van der Waals surface area (Å²) in [4.78, 5) is 50.8. The van der Waals surface area contributed by atoms with Crippen LogP contribution in [0.3, 0.4) is 0 Å². The van der Waals surface area contributed by atoms with Crippen molar-refractivity contribution in [2.24, 2.45) is 0 Å². The topological polar surface area (TPSA) is 157 Å². The second-order valence-electron chi connectivity index (χ2n) is 6.20. The molecule has 0 fully saturated rings. The predicted octanol–water partition coefficient (Wildman–Crippen LogP) is 1.87. The SMILES string of the molecule is CCCCN(C(=O)c1ccc([N+](=O)[O-])o1)c1c(N)n(CCCC)c(=O)[nH]c1=O. The van der Waals surface area contributed by atoms with Crippen LogP contribution in [-0.4, -0.2) is 26.9 Å². The third-order valence-electron chi connectivity index (χ3n) is 4.18. The van der Waals surface area contributed by atoms with Gasteiger partial charge in [0, 0.05) is 13.1 Å². The van der Waals surface area contributed by atoms with Crippen molar-refractivity contribution in [2.75, 3.05) is 17.2 Å². The van der Waals surface area contributed by atoms with Crippen LogP contribution in [0.5, 0.6) is 0 Å². The van der Waals surface area contributed by atoms with Crippen molar-refractivity contribution in [1.82, 2.24) is 9.55 Å². The van der Waals surface area contributed by atoms with Crippen LogP contribution in [0.4, 0.5) is 17.4 Å². The maximum Gasteiger partial charge on any atom is 0.433 e. The molecule has 0 saturated heterocycles. The highest BCUT2D eigenvalue weighted by Crippen LogP contribution is 2.23. The number of nitrogens with two attached hydrogens (primary N) is 1. The standard InChI is InChI=1S/C17H23N5O6/c1-3-5-9-20(16(24)11-7-8-12(28-11)22(26)27)13-14(18)21(10-6-4-2)17(25)19-15(13)23/h7-8H,3-6,9-10,18H2,1-2H3,(H,19,23,25). The first kappa shape index (κ1) is 20.9. The number of nitrogens with zero attached hydrogens (tertiary/aromatic N) is 3. The molecule has 2 aromatic heterocycles. The van der Waals surface area contributed by atoms with E-state index in [0.29, 0.717) is 12.8 Å². The number of hydrogen-bond acceptors (Lipinski definition) is 7. The van der Waals surface area contributed by atoms with Gasteiger partial charge in [0.25, 0.3) is 11.5 Å². The number of anilines is 2. The molecule has 2 aromatic rings. The molecule has 11 heteroatoms. The molecule has 0 aliphatic heterocycles. The largest absolute Gasteiger partial charge is 0.433 e. The number of carbonyl (C=O) groups excluding carboxylic acids is 1. The van der Waals surface area contributed by atoms with Gasteiger partial charge in [-0.2, -0.15) is 0 Å². The summed E-state index contributed by atoms with van der Waals surface area (Å²) in [5, 5.41) is 10.8. The number of aromatic amines is 1. The van der Waals surface area contributed by atoms with E-state index in [1.54, 1.807) is 0 Å². The summed E-state index contributed by atoms with van der Waals surface area (Å²) in [6.45, 7) is 4.25. The minimum Gasteiger partial charge on any atom is -0.395 e. The van der Waals surface area contributed by atoms with Gasteiger partial charge in [0.15, 0.2) is 11.4 Å². The normalized spacial score (nSPS) is 10.8. The molecule has 0 bridgehead atoms. The van der Waals surface area contributed by atoms with Crippen molar-refractivity contribution in [3.8, 4) is 0 Å². The number of hydrogen-bond donors (Lipinski definition) is 2. The van der Waals surface area contributed by atoms with Crippen molar-refractivity contribution in [1.29, 1.82) is 0 Å². The van der Waals surface area contributed by atoms with Crippen molar-refractivity contribution in [3.63, 3.8) is 0 Å². The Kier molecular flexibility index (Phi) is 6.74. The fourth-order valence-corrected chi connectivity index (χ4v) is 2.68. The molecule has 0 aliphatic carbocycles. The summed E-state index contributed by atoms with van der Waals surface area (Å²) in [7, 11) is 0. The molecule has 152 valence electrons. The predicted molar refractivity (Wildman–Crippen MR) is 103 cm³/mol. The van der Waals surface area contributed by atoms with E-state index in [1.807, 2.05) is 13.8 Å². The van der Waals surface area contributed by atoms with Crippen molar-refractivity contribution >= 4 is 23.3 Å². The highest BCUT2D eigenvalue weighted by atomic mass is 16.6. The molecule has 0 spiro atoms. The Hall–Kier alpha value is -3.37. The lowest BCUT2D eigenvalue weighted by Crippen LogP contribution is -2.41. The number of nitro groups is 1. The summed E-state index contributed by atoms with van der Waals surface area (Å²) in [5.41, 5.74) is 4.44. The minimum absolute atomic E-state index is 0.128. The Bertz CT molecular complexity index is 973. The Balaban J connectivity index is 2.55. The first-order chi connectivity index (χ1) is 13.3. The van der Waals surface area contributed by atoms with Crippen LogP contribution in [0, 0.1) is 10.1 Å². The van der Waals surface area contributed by atoms with Gasteiger partial charge in [0.1, 0.15) is 10.7 Å². The molecule has 11 nitrogen and oxygen atoms in total. The maximum atomic E-state index is 12.9. The minimum atomic E-state index is -0.805. The molecule has 0 unspecified atom stereocenters. The van der Waals surface area contributed by atoms with E-state index in [2.05, 4.69) is 4.98 Å². The number of amides is 1. The first-order valence-electron chi connectivity index (χ1n) is 9.00. The maximum absolute atomic E-state index is 12.9. The van der Waals surface area contributed by atoms with Crippen LogP contribution < -0.4 is 21.9 Å². The molecular formula is C17H23N5O6. The van der Waals surface area contributed by atoms with Crippen LogP contribution in [0.25, 0.3) is 0 Å². The van der Waals surface area contributed by atoms with Gasteiger partial charge in [-0.1, -0.05) is 26.7 Å². The van der Waals surface area contributed by atoms with Crippen molar-refractivity contribution < 1.29 is 14.1 Å². The number of aromatic nitrogens is 2. The molecule has 0 radical (unpaired) electrons. The molecule has 0 atom stereocenters. The highest BCUT2D eigenvalue weighted by molar-refractivity contribution is 6.05. The summed E-state index contributed by atoms with van der Waals surface area (Å²) >= 11 is 0. The second kappa shape index (κ2) is 9.02. The fraction of sp³-hybridized carbons (Fsp3) is 0.471. The Labute approximate surface area is 159 Å². The number of furan rings is 1. The van der Waals surface area contributed by atoms with Crippen LogP contribution in [0.1, 0.15) is 50.1 Å². The fourth-order valence-electron chi connectivity index (χ4n) is 2.68. The lowest BCUT2D eigenvalue weighted by molar-refractivity contribution is -0.402. The van der Waals surface area contributed by atoms with E-state index < -0.39 is 28.0 Å². The molecule has 2 heterocycles.